The average molecular weight is 181 g/mol. The summed E-state index contributed by atoms with van der Waals surface area (Å²) in [7, 11) is -2.01. The lowest BCUT2D eigenvalue weighted by atomic mass is 10.4. The second-order valence-corrected chi connectivity index (χ2v) is 2.93. The normalized spacial score (nSPS) is 11.6. The quantitative estimate of drug-likeness (QED) is 0.477. The van der Waals surface area contributed by atoms with Crippen molar-refractivity contribution in [3.8, 4) is 0 Å². The van der Waals surface area contributed by atoms with Crippen molar-refractivity contribution in [2.45, 2.75) is 19.8 Å². The second-order valence-electron chi connectivity index (χ2n) is 1.97. The summed E-state index contributed by atoms with van der Waals surface area (Å²) in [5, 5.41) is 8.28. The van der Waals surface area contributed by atoms with Crippen molar-refractivity contribution in [2.24, 2.45) is 0 Å². The largest absolute Gasteiger partial charge is 0.697 e. The predicted molar refractivity (Wildman–Crippen MR) is 41.5 cm³/mol. The van der Waals surface area contributed by atoms with Gasteiger partial charge in [0.1, 0.15) is 13.2 Å². The van der Waals surface area contributed by atoms with Gasteiger partial charge in [-0.25, -0.2) is 0 Å². The van der Waals surface area contributed by atoms with Gasteiger partial charge in [0.15, 0.2) is 0 Å². The number of hydrogen-bond donors (Lipinski definition) is 1. The first-order valence-corrected chi connectivity index (χ1v) is 4.74. The molecule has 11 heavy (non-hydrogen) atoms. The molecule has 0 amide bonds. The summed E-state index contributed by atoms with van der Waals surface area (Å²) >= 11 is 0. The number of rotatable bonds is 7. The van der Waals surface area contributed by atoms with Crippen LogP contribution in [0.15, 0.2) is 0 Å². The van der Waals surface area contributed by atoms with Crippen LogP contribution in [0.1, 0.15) is 19.8 Å². The molecule has 0 heterocycles. The topological polar surface area (TPSA) is 55.8 Å². The Labute approximate surface area is 67.5 Å². The van der Waals surface area contributed by atoms with E-state index >= 15 is 0 Å². The Morgan fingerprint density at radius 2 is 2.00 bits per heavy atom. The molecule has 0 aliphatic rings. The summed E-state index contributed by atoms with van der Waals surface area (Å²) in [4.78, 5) is 0. The van der Waals surface area contributed by atoms with Crippen LogP contribution >= 0.6 is 8.25 Å². The van der Waals surface area contributed by atoms with Gasteiger partial charge in [-0.2, -0.15) is 0 Å². The zero-order valence-corrected chi connectivity index (χ0v) is 7.55. The standard InChI is InChI=1S/C6H14O4P/c1-2-3-5-9-11(8)10-6-4-7/h7H,2-6H2,1H3/q+1. The summed E-state index contributed by atoms with van der Waals surface area (Å²) in [6.07, 6.45) is 1.88. The fourth-order valence-electron chi connectivity index (χ4n) is 0.436. The molecule has 0 fully saturated rings. The van der Waals surface area contributed by atoms with Crippen LogP contribution < -0.4 is 0 Å². The van der Waals surface area contributed by atoms with Crippen LogP contribution in [0.3, 0.4) is 0 Å². The third kappa shape index (κ3) is 7.88. The highest BCUT2D eigenvalue weighted by molar-refractivity contribution is 7.33. The number of aliphatic hydroxyl groups is 1. The molecule has 1 N–H and O–H groups in total. The van der Waals surface area contributed by atoms with Gasteiger partial charge in [-0.1, -0.05) is 13.3 Å². The summed E-state index contributed by atoms with van der Waals surface area (Å²) in [6.45, 7) is 2.42. The monoisotopic (exact) mass is 181 g/mol. The summed E-state index contributed by atoms with van der Waals surface area (Å²) in [5.74, 6) is 0. The first-order chi connectivity index (χ1) is 5.31. The highest BCUT2D eigenvalue weighted by Gasteiger charge is 2.18. The predicted octanol–water partition coefficient (Wildman–Crippen LogP) is 1.47. The minimum absolute atomic E-state index is 0.0708. The van der Waals surface area contributed by atoms with Crippen LogP contribution in [0, 0.1) is 0 Å². The van der Waals surface area contributed by atoms with Gasteiger partial charge in [0.05, 0.1) is 6.61 Å². The maximum Gasteiger partial charge on any atom is 0.697 e. The summed E-state index contributed by atoms with van der Waals surface area (Å²) in [6, 6.07) is 0. The first-order valence-electron chi connectivity index (χ1n) is 3.65. The molecule has 4 nitrogen and oxygen atoms in total. The van der Waals surface area contributed by atoms with E-state index in [-0.39, 0.29) is 13.2 Å². The molecule has 0 bridgehead atoms. The van der Waals surface area contributed by atoms with E-state index in [1.165, 1.54) is 0 Å². The van der Waals surface area contributed by atoms with Gasteiger partial charge in [-0.3, -0.25) is 0 Å². The molecule has 0 spiro atoms. The fourth-order valence-corrected chi connectivity index (χ4v) is 1.02. The minimum Gasteiger partial charge on any atom is -0.394 e. The molecular formula is C6H14O4P+. The highest BCUT2D eigenvalue weighted by atomic mass is 31.1. The zero-order valence-electron chi connectivity index (χ0n) is 6.65. The molecule has 1 unspecified atom stereocenters. The van der Waals surface area contributed by atoms with Gasteiger partial charge in [0.25, 0.3) is 0 Å². The van der Waals surface area contributed by atoms with Crippen molar-refractivity contribution < 1.29 is 18.7 Å². The molecule has 0 aromatic rings. The van der Waals surface area contributed by atoms with E-state index < -0.39 is 8.25 Å². The average Bonchev–Trinajstić information content (AvgIpc) is 2.01. The van der Waals surface area contributed by atoms with Gasteiger partial charge in [0.2, 0.25) is 0 Å². The van der Waals surface area contributed by atoms with Gasteiger partial charge in [-0.05, 0) is 6.42 Å². The molecule has 0 aromatic heterocycles. The van der Waals surface area contributed by atoms with Crippen LogP contribution in [-0.4, -0.2) is 24.9 Å². The molecule has 5 heteroatoms. The van der Waals surface area contributed by atoms with Crippen molar-refractivity contribution in [1.82, 2.24) is 0 Å². The number of hydrogen-bond acceptors (Lipinski definition) is 4. The lowest BCUT2D eigenvalue weighted by Crippen LogP contribution is -1.94. The smallest absolute Gasteiger partial charge is 0.394 e. The van der Waals surface area contributed by atoms with E-state index in [2.05, 4.69) is 4.52 Å². The van der Waals surface area contributed by atoms with E-state index in [1.54, 1.807) is 0 Å². The Morgan fingerprint density at radius 1 is 1.36 bits per heavy atom. The first kappa shape index (κ1) is 11.0. The maximum atomic E-state index is 10.7. The van der Waals surface area contributed by atoms with Crippen LogP contribution in [0.5, 0.6) is 0 Å². The molecule has 0 saturated heterocycles. The molecule has 0 radical (unpaired) electrons. The van der Waals surface area contributed by atoms with Crippen LogP contribution in [0.2, 0.25) is 0 Å². The third-order valence-corrected chi connectivity index (χ3v) is 1.77. The lowest BCUT2D eigenvalue weighted by Gasteiger charge is -1.88. The Balaban J connectivity index is 3.09. The molecule has 0 rings (SSSR count). The number of aliphatic hydroxyl groups excluding tert-OH is 1. The lowest BCUT2D eigenvalue weighted by molar-refractivity contribution is 0.173. The minimum atomic E-state index is -2.01. The Hall–Kier alpha value is -0.0200. The fraction of sp³-hybridized carbons (Fsp3) is 1.00. The Bertz CT molecular complexity index is 107. The Morgan fingerprint density at radius 3 is 2.55 bits per heavy atom. The van der Waals surface area contributed by atoms with Gasteiger partial charge < -0.3 is 5.11 Å². The maximum absolute atomic E-state index is 10.7. The second kappa shape index (κ2) is 8.08. The molecule has 66 valence electrons. The van der Waals surface area contributed by atoms with E-state index in [1.807, 2.05) is 6.92 Å². The molecule has 0 aromatic carbocycles. The van der Waals surface area contributed by atoms with Crippen molar-refractivity contribution in [1.29, 1.82) is 0 Å². The molecular weight excluding hydrogens is 167 g/mol. The van der Waals surface area contributed by atoms with Crippen molar-refractivity contribution in [2.75, 3.05) is 19.8 Å². The zero-order chi connectivity index (χ0) is 8.53. The van der Waals surface area contributed by atoms with E-state index in [9.17, 15) is 4.57 Å². The van der Waals surface area contributed by atoms with Gasteiger partial charge in [0, 0.05) is 4.57 Å². The van der Waals surface area contributed by atoms with E-state index in [4.69, 9.17) is 9.63 Å². The van der Waals surface area contributed by atoms with Crippen molar-refractivity contribution in [3.05, 3.63) is 0 Å². The van der Waals surface area contributed by atoms with Crippen LogP contribution in [-0.2, 0) is 13.6 Å². The third-order valence-electron chi connectivity index (χ3n) is 0.983. The molecule has 0 aliphatic carbocycles. The Kier molecular flexibility index (Phi) is 8.07. The van der Waals surface area contributed by atoms with Gasteiger partial charge in [-0.15, -0.1) is 9.05 Å². The van der Waals surface area contributed by atoms with E-state index in [0.717, 1.165) is 12.8 Å². The van der Waals surface area contributed by atoms with Gasteiger partial charge >= 0.3 is 8.25 Å². The summed E-state index contributed by atoms with van der Waals surface area (Å²) in [5.41, 5.74) is 0. The number of unbranched alkanes of at least 4 members (excludes halogenated alkanes) is 1. The SMILES string of the molecule is CCCCO[P+](=O)OCCO. The molecule has 0 saturated carbocycles. The molecule has 0 aliphatic heterocycles. The highest BCUT2D eigenvalue weighted by Crippen LogP contribution is 2.23. The van der Waals surface area contributed by atoms with Crippen molar-refractivity contribution in [3.63, 3.8) is 0 Å². The van der Waals surface area contributed by atoms with Crippen LogP contribution in [0.25, 0.3) is 0 Å². The van der Waals surface area contributed by atoms with E-state index in [0.29, 0.717) is 6.61 Å². The molecule has 1 atom stereocenters. The van der Waals surface area contributed by atoms with Crippen LogP contribution in [0.4, 0.5) is 0 Å². The van der Waals surface area contributed by atoms with Crippen molar-refractivity contribution >= 4 is 8.25 Å². The summed E-state index contributed by atoms with van der Waals surface area (Å²) < 4.78 is 20.0.